The van der Waals surface area contributed by atoms with E-state index in [2.05, 4.69) is 10.6 Å². The molecule has 0 aliphatic carbocycles. The van der Waals surface area contributed by atoms with E-state index in [0.717, 1.165) is 11.3 Å². The fourth-order valence-corrected chi connectivity index (χ4v) is 1.90. The summed E-state index contributed by atoms with van der Waals surface area (Å²) in [6.45, 7) is 0.482. The van der Waals surface area contributed by atoms with Crippen LogP contribution in [0.5, 0.6) is 0 Å². The molecule has 2 aromatic rings. The largest absolute Gasteiger partial charge is 0.388 e. The van der Waals surface area contributed by atoms with Gasteiger partial charge in [0.25, 0.3) is 5.91 Å². The van der Waals surface area contributed by atoms with E-state index >= 15 is 0 Å². The van der Waals surface area contributed by atoms with Crippen LogP contribution in [0.2, 0.25) is 0 Å². The highest BCUT2D eigenvalue weighted by Gasteiger charge is 2.04. The van der Waals surface area contributed by atoms with Crippen LogP contribution in [0.4, 0.5) is 10.1 Å². The minimum atomic E-state index is -0.253. The molecule has 0 unspecified atom stereocenters. The number of halogens is 1. The quantitative estimate of drug-likeness (QED) is 0.878. The Labute approximate surface area is 117 Å². The van der Waals surface area contributed by atoms with Gasteiger partial charge in [0.1, 0.15) is 5.82 Å². The van der Waals surface area contributed by atoms with Gasteiger partial charge in [0.05, 0.1) is 0 Å². The van der Waals surface area contributed by atoms with Crippen LogP contribution in [0.1, 0.15) is 15.9 Å². The van der Waals surface area contributed by atoms with Crippen molar-refractivity contribution in [2.45, 2.75) is 6.42 Å². The van der Waals surface area contributed by atoms with E-state index in [1.54, 1.807) is 18.2 Å². The van der Waals surface area contributed by atoms with Crippen molar-refractivity contribution in [1.82, 2.24) is 5.32 Å². The molecular formula is C16H17FN2O. The molecule has 0 atom stereocenters. The third-order valence-electron chi connectivity index (χ3n) is 3.02. The molecule has 2 aromatic carbocycles. The van der Waals surface area contributed by atoms with E-state index in [4.69, 9.17) is 0 Å². The van der Waals surface area contributed by atoms with Crippen molar-refractivity contribution >= 4 is 11.6 Å². The molecule has 3 nitrogen and oxygen atoms in total. The molecule has 0 fully saturated rings. The van der Waals surface area contributed by atoms with Crippen molar-refractivity contribution in [3.8, 4) is 0 Å². The number of rotatable bonds is 5. The Hall–Kier alpha value is -2.36. The van der Waals surface area contributed by atoms with Crippen LogP contribution in [0.3, 0.4) is 0 Å². The van der Waals surface area contributed by atoms with E-state index in [1.165, 1.54) is 12.1 Å². The lowest BCUT2D eigenvalue weighted by atomic mass is 10.1. The first-order valence-electron chi connectivity index (χ1n) is 6.49. The van der Waals surface area contributed by atoms with Gasteiger partial charge in [-0.1, -0.05) is 12.1 Å². The van der Waals surface area contributed by atoms with Gasteiger partial charge < -0.3 is 10.6 Å². The van der Waals surface area contributed by atoms with E-state index in [9.17, 15) is 9.18 Å². The van der Waals surface area contributed by atoms with E-state index < -0.39 is 0 Å². The molecule has 0 spiro atoms. The molecule has 104 valence electrons. The monoisotopic (exact) mass is 272 g/mol. The van der Waals surface area contributed by atoms with E-state index in [0.29, 0.717) is 18.5 Å². The van der Waals surface area contributed by atoms with Gasteiger partial charge in [0.2, 0.25) is 0 Å². The predicted octanol–water partition coefficient (Wildman–Crippen LogP) is 2.84. The van der Waals surface area contributed by atoms with Gasteiger partial charge in [-0.05, 0) is 48.4 Å². The number of carbonyl (C=O) groups excluding carboxylic acids is 1. The summed E-state index contributed by atoms with van der Waals surface area (Å²) in [5, 5.41) is 5.82. The zero-order valence-electron chi connectivity index (χ0n) is 11.3. The number of carbonyl (C=O) groups is 1. The van der Waals surface area contributed by atoms with E-state index in [-0.39, 0.29) is 11.7 Å². The number of hydrogen-bond donors (Lipinski definition) is 2. The minimum absolute atomic E-state index is 0.121. The van der Waals surface area contributed by atoms with Crippen LogP contribution in [-0.4, -0.2) is 19.5 Å². The molecular weight excluding hydrogens is 255 g/mol. The van der Waals surface area contributed by atoms with Crippen molar-refractivity contribution in [3.63, 3.8) is 0 Å². The lowest BCUT2D eigenvalue weighted by molar-refractivity contribution is 0.0954. The van der Waals surface area contributed by atoms with Gasteiger partial charge >= 0.3 is 0 Å². The van der Waals surface area contributed by atoms with Crippen LogP contribution in [-0.2, 0) is 6.42 Å². The van der Waals surface area contributed by atoms with Crippen molar-refractivity contribution in [3.05, 3.63) is 65.5 Å². The molecule has 0 aliphatic rings. The first-order valence-corrected chi connectivity index (χ1v) is 6.49. The van der Waals surface area contributed by atoms with Gasteiger partial charge in [-0.2, -0.15) is 0 Å². The average Bonchev–Trinajstić information content (AvgIpc) is 2.47. The van der Waals surface area contributed by atoms with Gasteiger partial charge in [0, 0.05) is 24.8 Å². The van der Waals surface area contributed by atoms with Gasteiger partial charge in [-0.3, -0.25) is 4.79 Å². The highest BCUT2D eigenvalue weighted by molar-refractivity contribution is 5.94. The molecule has 0 saturated carbocycles. The molecule has 0 bridgehead atoms. The number of anilines is 1. The number of hydrogen-bond acceptors (Lipinski definition) is 2. The molecule has 0 saturated heterocycles. The smallest absolute Gasteiger partial charge is 0.251 e. The maximum atomic E-state index is 13.0. The lowest BCUT2D eigenvalue weighted by Gasteiger charge is -2.06. The summed E-state index contributed by atoms with van der Waals surface area (Å²) in [6.07, 6.45) is 0.609. The van der Waals surface area contributed by atoms with Crippen molar-refractivity contribution in [1.29, 1.82) is 0 Å². The summed E-state index contributed by atoms with van der Waals surface area (Å²) in [6, 6.07) is 13.6. The highest BCUT2D eigenvalue weighted by atomic mass is 19.1. The highest BCUT2D eigenvalue weighted by Crippen LogP contribution is 2.08. The third-order valence-corrected chi connectivity index (χ3v) is 3.02. The number of benzene rings is 2. The van der Waals surface area contributed by atoms with Crippen molar-refractivity contribution in [2.75, 3.05) is 18.9 Å². The zero-order chi connectivity index (χ0) is 14.4. The van der Waals surface area contributed by atoms with Gasteiger partial charge in [-0.15, -0.1) is 0 Å². The Kier molecular flexibility index (Phi) is 4.71. The van der Waals surface area contributed by atoms with Gasteiger partial charge in [-0.25, -0.2) is 4.39 Å². The SMILES string of the molecule is CNc1ccc(C(=O)NCCc2cccc(F)c2)cc1. The maximum Gasteiger partial charge on any atom is 0.251 e. The Morgan fingerprint density at radius 2 is 1.90 bits per heavy atom. The van der Waals surface area contributed by atoms with E-state index in [1.807, 2.05) is 25.2 Å². The molecule has 0 aliphatic heterocycles. The second kappa shape index (κ2) is 6.70. The van der Waals surface area contributed by atoms with Crippen molar-refractivity contribution in [2.24, 2.45) is 0 Å². The first-order chi connectivity index (χ1) is 9.69. The maximum absolute atomic E-state index is 13.0. The molecule has 4 heteroatoms. The molecule has 0 heterocycles. The molecule has 0 aromatic heterocycles. The Morgan fingerprint density at radius 3 is 2.55 bits per heavy atom. The summed E-state index contributed by atoms with van der Waals surface area (Å²) < 4.78 is 13.0. The first kappa shape index (κ1) is 14.1. The average molecular weight is 272 g/mol. The Morgan fingerprint density at radius 1 is 1.15 bits per heavy atom. The minimum Gasteiger partial charge on any atom is -0.388 e. The van der Waals surface area contributed by atoms with Crippen molar-refractivity contribution < 1.29 is 9.18 Å². The normalized spacial score (nSPS) is 10.1. The van der Waals surface area contributed by atoms with Crippen LogP contribution < -0.4 is 10.6 Å². The van der Waals surface area contributed by atoms with Crippen LogP contribution in [0, 0.1) is 5.82 Å². The Balaban J connectivity index is 1.85. The predicted molar refractivity (Wildman–Crippen MR) is 78.4 cm³/mol. The van der Waals surface area contributed by atoms with Crippen LogP contribution in [0.25, 0.3) is 0 Å². The van der Waals surface area contributed by atoms with Gasteiger partial charge in [0.15, 0.2) is 0 Å². The van der Waals surface area contributed by atoms with Crippen LogP contribution >= 0.6 is 0 Å². The summed E-state index contributed by atoms with van der Waals surface area (Å²) in [5.41, 5.74) is 2.44. The second-order valence-electron chi connectivity index (χ2n) is 4.46. The summed E-state index contributed by atoms with van der Waals surface area (Å²) in [4.78, 5) is 11.9. The third kappa shape index (κ3) is 3.82. The summed E-state index contributed by atoms with van der Waals surface area (Å²) in [7, 11) is 1.83. The molecule has 20 heavy (non-hydrogen) atoms. The number of nitrogens with one attached hydrogen (secondary N) is 2. The molecule has 1 amide bonds. The standard InChI is InChI=1S/C16H17FN2O/c1-18-15-7-5-13(6-8-15)16(20)19-10-9-12-3-2-4-14(17)11-12/h2-8,11,18H,9-10H2,1H3,(H,19,20). The van der Waals surface area contributed by atoms with Crippen LogP contribution in [0.15, 0.2) is 48.5 Å². The molecule has 2 N–H and O–H groups in total. The number of amides is 1. The summed E-state index contributed by atoms with van der Waals surface area (Å²) in [5.74, 6) is -0.375. The summed E-state index contributed by atoms with van der Waals surface area (Å²) >= 11 is 0. The Bertz CT molecular complexity index is 581. The second-order valence-corrected chi connectivity index (χ2v) is 4.46. The fraction of sp³-hybridized carbons (Fsp3) is 0.188. The lowest BCUT2D eigenvalue weighted by Crippen LogP contribution is -2.25. The molecule has 0 radical (unpaired) electrons. The molecule has 2 rings (SSSR count). The topological polar surface area (TPSA) is 41.1 Å². The zero-order valence-corrected chi connectivity index (χ0v) is 11.3. The fourth-order valence-electron chi connectivity index (χ4n) is 1.90.